The number of halogens is 2. The number of thiophene rings is 1. The maximum Gasteiger partial charge on any atom is 0.293 e. The lowest BCUT2D eigenvalue weighted by Gasteiger charge is -2.33. The summed E-state index contributed by atoms with van der Waals surface area (Å²) in [5.41, 5.74) is 2.55. The highest BCUT2D eigenvalue weighted by molar-refractivity contribution is 7.80. The Bertz CT molecular complexity index is 1310. The number of carbonyl (C=O) groups is 1. The van der Waals surface area contributed by atoms with Crippen LogP contribution < -0.4 is 10.6 Å². The van der Waals surface area contributed by atoms with Crippen molar-refractivity contribution in [1.82, 2.24) is 5.32 Å². The minimum atomic E-state index is -0.499. The minimum absolute atomic E-state index is 0.0872. The Morgan fingerprint density at radius 3 is 2.71 bits per heavy atom. The Kier molecular flexibility index (Phi) is 7.07. The summed E-state index contributed by atoms with van der Waals surface area (Å²) in [5.74, 6) is 0.592. The highest BCUT2D eigenvalue weighted by Gasteiger charge is 2.32. The van der Waals surface area contributed by atoms with Crippen molar-refractivity contribution in [2.45, 2.75) is 40.0 Å². The molecule has 0 bridgehead atoms. The molecule has 3 aromatic rings. The molecule has 2 heterocycles. The van der Waals surface area contributed by atoms with E-state index in [9.17, 15) is 10.1 Å². The van der Waals surface area contributed by atoms with E-state index in [0.29, 0.717) is 37.9 Å². The van der Waals surface area contributed by atoms with Crippen LogP contribution in [0.25, 0.3) is 11.3 Å². The summed E-state index contributed by atoms with van der Waals surface area (Å²) < 4.78 is 5.68. The number of hydrogen-bond acceptors (Lipinski definition) is 5. The molecule has 0 radical (unpaired) electrons. The third-order valence-corrected chi connectivity index (χ3v) is 8.00. The predicted octanol–water partition coefficient (Wildman–Crippen LogP) is 7.46. The number of fused-ring (bicyclic) bond motifs is 1. The fourth-order valence-electron chi connectivity index (χ4n) is 4.12. The van der Waals surface area contributed by atoms with Gasteiger partial charge in [0.15, 0.2) is 10.9 Å². The van der Waals surface area contributed by atoms with E-state index >= 15 is 0 Å². The van der Waals surface area contributed by atoms with E-state index in [2.05, 4.69) is 37.5 Å². The maximum absolute atomic E-state index is 12.7. The van der Waals surface area contributed by atoms with E-state index in [1.54, 1.807) is 41.7 Å². The molecular formula is C25H23Cl2N3O2S2. The largest absolute Gasteiger partial charge is 0.451 e. The summed E-state index contributed by atoms with van der Waals surface area (Å²) in [5, 5.41) is 17.1. The SMILES string of the molecule is CC(C)(C)[C@H]1CCc2c(sc(NC(=S)NC(=O)c3ccc(-c4ccc(Cl)cc4Cl)o3)c2C#N)C1. The lowest BCUT2D eigenvalue weighted by atomic mass is 9.72. The van der Waals surface area contributed by atoms with Crippen LogP contribution in [0.15, 0.2) is 34.7 Å². The minimum Gasteiger partial charge on any atom is -0.451 e. The molecule has 0 fully saturated rings. The number of nitrogens with one attached hydrogen (secondary N) is 2. The van der Waals surface area contributed by atoms with Crippen LogP contribution in [0.5, 0.6) is 0 Å². The van der Waals surface area contributed by atoms with Gasteiger partial charge in [-0.05, 0) is 78.7 Å². The summed E-state index contributed by atoms with van der Waals surface area (Å²) in [6, 6.07) is 10.6. The number of hydrogen-bond donors (Lipinski definition) is 2. The Balaban J connectivity index is 1.46. The number of rotatable bonds is 3. The predicted molar refractivity (Wildman–Crippen MR) is 142 cm³/mol. The normalized spacial score (nSPS) is 15.4. The van der Waals surface area contributed by atoms with Crippen molar-refractivity contribution in [3.05, 3.63) is 62.1 Å². The number of nitrogens with zero attached hydrogens (tertiary/aromatic N) is 1. The zero-order valence-corrected chi connectivity index (χ0v) is 22.1. The molecule has 0 aliphatic heterocycles. The lowest BCUT2D eigenvalue weighted by molar-refractivity contribution is 0.0951. The molecule has 0 saturated heterocycles. The van der Waals surface area contributed by atoms with E-state index in [-0.39, 0.29) is 16.3 Å². The van der Waals surface area contributed by atoms with Crippen LogP contribution >= 0.6 is 46.8 Å². The number of thiocarbonyl (C=S) groups is 1. The van der Waals surface area contributed by atoms with Gasteiger partial charge >= 0.3 is 0 Å². The van der Waals surface area contributed by atoms with Crippen LogP contribution in [0.2, 0.25) is 10.0 Å². The first-order valence-corrected chi connectivity index (χ1v) is 12.8. The van der Waals surface area contributed by atoms with Crippen molar-refractivity contribution in [2.24, 2.45) is 11.3 Å². The monoisotopic (exact) mass is 531 g/mol. The van der Waals surface area contributed by atoms with Crippen molar-refractivity contribution in [3.8, 4) is 17.4 Å². The zero-order valence-electron chi connectivity index (χ0n) is 18.9. The van der Waals surface area contributed by atoms with Gasteiger partial charge in [0.05, 0.1) is 10.6 Å². The molecule has 0 unspecified atom stereocenters. The van der Waals surface area contributed by atoms with E-state index in [4.69, 9.17) is 39.8 Å². The molecule has 5 nitrogen and oxygen atoms in total. The van der Waals surface area contributed by atoms with Gasteiger partial charge in [-0.3, -0.25) is 10.1 Å². The Labute approximate surface area is 218 Å². The fourth-order valence-corrected chi connectivity index (χ4v) is 6.17. The number of anilines is 1. The van der Waals surface area contributed by atoms with Gasteiger partial charge in [-0.25, -0.2) is 0 Å². The Morgan fingerprint density at radius 1 is 1.26 bits per heavy atom. The van der Waals surface area contributed by atoms with Crippen LogP contribution in [-0.4, -0.2) is 11.0 Å². The van der Waals surface area contributed by atoms with Gasteiger partial charge < -0.3 is 9.73 Å². The second-order valence-electron chi connectivity index (χ2n) is 9.32. The number of carbonyl (C=O) groups excluding carboxylic acids is 1. The van der Waals surface area contributed by atoms with Crippen LogP contribution in [0.1, 0.15) is 53.8 Å². The number of furan rings is 1. The molecular weight excluding hydrogens is 509 g/mol. The highest BCUT2D eigenvalue weighted by Crippen LogP contribution is 2.44. The molecule has 1 aromatic carbocycles. The van der Waals surface area contributed by atoms with Gasteiger partial charge in [-0.1, -0.05) is 44.0 Å². The molecule has 1 atom stereocenters. The molecule has 1 aliphatic rings. The molecule has 9 heteroatoms. The topological polar surface area (TPSA) is 78.1 Å². The Morgan fingerprint density at radius 2 is 2.03 bits per heavy atom. The van der Waals surface area contributed by atoms with E-state index in [1.807, 2.05) is 0 Å². The molecule has 1 amide bonds. The van der Waals surface area contributed by atoms with Gasteiger partial charge in [-0.2, -0.15) is 5.26 Å². The standard InChI is InChI=1S/C25H23Cl2N3O2S2/c1-25(2,3)13-4-6-15-17(12-28)23(34-21(15)10-13)30-24(33)29-22(31)20-9-8-19(32-20)16-7-5-14(26)11-18(16)27/h5,7-9,11,13H,4,6,10H2,1-3H3,(H2,29,30,31,33)/t13-/m0/s1. The third-order valence-electron chi connectivity index (χ3n) is 6.08. The smallest absolute Gasteiger partial charge is 0.293 e. The fraction of sp³-hybridized carbons (Fsp3) is 0.320. The van der Waals surface area contributed by atoms with Crippen molar-refractivity contribution < 1.29 is 9.21 Å². The first-order valence-electron chi connectivity index (χ1n) is 10.8. The van der Waals surface area contributed by atoms with E-state index < -0.39 is 5.91 Å². The number of benzene rings is 1. The van der Waals surface area contributed by atoms with Crippen molar-refractivity contribution in [1.29, 1.82) is 5.26 Å². The molecule has 1 aliphatic carbocycles. The van der Waals surface area contributed by atoms with E-state index in [1.165, 1.54) is 4.88 Å². The first-order chi connectivity index (χ1) is 16.1. The summed E-state index contributed by atoms with van der Waals surface area (Å²) in [6.07, 6.45) is 2.88. The average molecular weight is 533 g/mol. The van der Waals surface area contributed by atoms with Gasteiger partial charge in [0.1, 0.15) is 16.8 Å². The summed E-state index contributed by atoms with van der Waals surface area (Å²) >= 11 is 19.1. The molecule has 2 N–H and O–H groups in total. The highest BCUT2D eigenvalue weighted by atomic mass is 35.5. The number of amides is 1. The van der Waals surface area contributed by atoms with Crippen LogP contribution in [0.4, 0.5) is 5.00 Å². The quantitative estimate of drug-likeness (QED) is 0.342. The van der Waals surface area contributed by atoms with Gasteiger partial charge in [0, 0.05) is 15.5 Å². The van der Waals surface area contributed by atoms with Gasteiger partial charge in [-0.15, -0.1) is 11.3 Å². The molecule has 34 heavy (non-hydrogen) atoms. The van der Waals surface area contributed by atoms with Crippen molar-refractivity contribution >= 4 is 62.8 Å². The van der Waals surface area contributed by atoms with Gasteiger partial charge in [0.25, 0.3) is 5.91 Å². The molecule has 0 spiro atoms. The molecule has 176 valence electrons. The summed E-state index contributed by atoms with van der Waals surface area (Å²) in [6.45, 7) is 6.77. The molecule has 2 aromatic heterocycles. The van der Waals surface area contributed by atoms with Crippen molar-refractivity contribution in [3.63, 3.8) is 0 Å². The van der Waals surface area contributed by atoms with Gasteiger partial charge in [0.2, 0.25) is 0 Å². The summed E-state index contributed by atoms with van der Waals surface area (Å²) in [4.78, 5) is 13.9. The van der Waals surface area contributed by atoms with Crippen molar-refractivity contribution in [2.75, 3.05) is 5.32 Å². The van der Waals surface area contributed by atoms with Crippen LogP contribution in [-0.2, 0) is 12.8 Å². The first kappa shape index (κ1) is 24.7. The Hall–Kier alpha value is -2.37. The second kappa shape index (κ2) is 9.71. The second-order valence-corrected chi connectivity index (χ2v) is 11.7. The van der Waals surface area contributed by atoms with Crippen LogP contribution in [0.3, 0.4) is 0 Å². The summed E-state index contributed by atoms with van der Waals surface area (Å²) in [7, 11) is 0. The average Bonchev–Trinajstić information content (AvgIpc) is 3.37. The molecule has 4 rings (SSSR count). The van der Waals surface area contributed by atoms with Crippen LogP contribution in [0, 0.1) is 22.7 Å². The van der Waals surface area contributed by atoms with E-state index in [0.717, 1.165) is 24.8 Å². The maximum atomic E-state index is 12.7. The molecule has 0 saturated carbocycles. The third kappa shape index (κ3) is 5.16. The lowest BCUT2D eigenvalue weighted by Crippen LogP contribution is -2.33. The zero-order chi connectivity index (χ0) is 24.6. The number of nitriles is 1.